The second-order valence-corrected chi connectivity index (χ2v) is 10.3. The summed E-state index contributed by atoms with van der Waals surface area (Å²) in [4.78, 5) is 32.0. The quantitative estimate of drug-likeness (QED) is 0.206. The summed E-state index contributed by atoms with van der Waals surface area (Å²) in [5, 5.41) is 3.16. The maximum absolute atomic E-state index is 13.3. The molecule has 1 aliphatic heterocycles. The molecule has 39 heavy (non-hydrogen) atoms. The highest BCUT2D eigenvalue weighted by molar-refractivity contribution is 14.1. The van der Waals surface area contributed by atoms with Crippen LogP contribution in [0.5, 0.6) is 11.5 Å². The summed E-state index contributed by atoms with van der Waals surface area (Å²) in [6.45, 7) is 4.20. The summed E-state index contributed by atoms with van der Waals surface area (Å²) >= 11 is 3.32. The second kappa shape index (κ2) is 13.1. The predicted molar refractivity (Wildman–Crippen MR) is 157 cm³/mol. The van der Waals surface area contributed by atoms with Crippen LogP contribution in [-0.4, -0.2) is 41.6 Å². The second-order valence-electron chi connectivity index (χ2n) is 8.14. The maximum Gasteiger partial charge on any atom is 0.266 e. The zero-order valence-corrected chi connectivity index (χ0v) is 24.0. The van der Waals surface area contributed by atoms with Crippen LogP contribution in [0.1, 0.15) is 19.4 Å². The molecule has 0 atom stereocenters. The Hall–Kier alpha value is -3.45. The molecule has 2 amide bonds. The Balaban J connectivity index is 1.53. The molecule has 1 N–H and O–H groups in total. The third-order valence-electron chi connectivity index (χ3n) is 5.36. The van der Waals surface area contributed by atoms with Gasteiger partial charge in [0.1, 0.15) is 11.6 Å². The number of hydrogen-bond donors (Lipinski definition) is 1. The lowest BCUT2D eigenvalue weighted by molar-refractivity contribution is -0.122. The first kappa shape index (κ1) is 28.6. The van der Waals surface area contributed by atoms with Gasteiger partial charge in [0.25, 0.3) is 11.8 Å². The van der Waals surface area contributed by atoms with Gasteiger partial charge in [-0.2, -0.15) is 0 Å². The molecule has 0 unspecified atom stereocenters. The lowest BCUT2D eigenvalue weighted by atomic mass is 10.2. The van der Waals surface area contributed by atoms with Gasteiger partial charge in [0, 0.05) is 12.2 Å². The topological polar surface area (TPSA) is 80.2 Å². The molecule has 0 spiro atoms. The highest BCUT2D eigenvalue weighted by Gasteiger charge is 2.32. The van der Waals surface area contributed by atoms with Crippen molar-refractivity contribution in [1.82, 2.24) is 4.90 Å². The van der Waals surface area contributed by atoms with Crippen molar-refractivity contribution in [3.63, 3.8) is 0 Å². The number of thioether (sulfide) groups is 1. The number of amides is 2. The summed E-state index contributed by atoms with van der Waals surface area (Å²) in [7, 11) is 0. The van der Waals surface area contributed by atoms with Crippen LogP contribution in [0, 0.1) is 15.2 Å². The van der Waals surface area contributed by atoms with E-state index in [-0.39, 0.29) is 18.3 Å². The summed E-state index contributed by atoms with van der Waals surface area (Å²) in [5.74, 6) is -0.531. The number of aliphatic imine (C=N–C) groups is 1. The molecule has 1 saturated heterocycles. The van der Waals surface area contributed by atoms with Crippen LogP contribution in [0.2, 0.25) is 0 Å². The molecule has 0 aromatic heterocycles. The number of halogens is 3. The molecule has 1 fully saturated rings. The van der Waals surface area contributed by atoms with Crippen LogP contribution < -0.4 is 14.8 Å². The van der Waals surface area contributed by atoms with E-state index in [2.05, 4.69) is 32.9 Å². The molecular weight excluding hydrogens is 639 g/mol. The van der Waals surface area contributed by atoms with E-state index < -0.39 is 11.7 Å². The zero-order chi connectivity index (χ0) is 27.9. The van der Waals surface area contributed by atoms with Gasteiger partial charge >= 0.3 is 0 Å². The van der Waals surface area contributed by atoms with Crippen molar-refractivity contribution in [1.29, 1.82) is 0 Å². The standard InChI is InChI=1S/C28H24F2IN3O4S/c1-3-34-27(36)24(39-28(34)33-21-11-7-19(30)8-12-21)15-17-13-22(31)26(23(14-17)37-4-2)38-16-25(35)32-20-9-5-18(29)6-10-20/h5-15H,3-4,16H2,1-2H3,(H,32,35)/b24-15+,33-28?. The van der Waals surface area contributed by atoms with Crippen molar-refractivity contribution in [3.8, 4) is 11.5 Å². The van der Waals surface area contributed by atoms with Gasteiger partial charge in [-0.25, -0.2) is 13.8 Å². The minimum atomic E-state index is -0.411. The molecule has 1 aliphatic rings. The average molecular weight is 663 g/mol. The van der Waals surface area contributed by atoms with Gasteiger partial charge in [-0.15, -0.1) is 0 Å². The van der Waals surface area contributed by atoms with Gasteiger partial charge in [-0.3, -0.25) is 14.5 Å². The van der Waals surface area contributed by atoms with Crippen molar-refractivity contribution < 1.29 is 27.8 Å². The first-order valence-electron chi connectivity index (χ1n) is 12.0. The van der Waals surface area contributed by atoms with E-state index in [9.17, 15) is 18.4 Å². The van der Waals surface area contributed by atoms with Crippen molar-refractivity contribution >= 4 is 68.8 Å². The number of hydrogen-bond acceptors (Lipinski definition) is 6. The molecule has 0 radical (unpaired) electrons. The molecule has 7 nitrogen and oxygen atoms in total. The normalized spacial score (nSPS) is 15.2. The first-order chi connectivity index (χ1) is 18.8. The van der Waals surface area contributed by atoms with Gasteiger partial charge < -0.3 is 14.8 Å². The third-order valence-corrected chi connectivity index (χ3v) is 7.17. The van der Waals surface area contributed by atoms with E-state index in [0.29, 0.717) is 55.2 Å². The van der Waals surface area contributed by atoms with Crippen LogP contribution in [0.3, 0.4) is 0 Å². The Bertz CT molecular complexity index is 1430. The Kier molecular flexibility index (Phi) is 9.57. The predicted octanol–water partition coefficient (Wildman–Crippen LogP) is 6.61. The Labute approximate surface area is 242 Å². The van der Waals surface area contributed by atoms with Gasteiger partial charge in [-0.05, 0) is 121 Å². The van der Waals surface area contributed by atoms with Crippen LogP contribution in [-0.2, 0) is 9.59 Å². The molecular formula is C28H24F2IN3O4S. The number of rotatable bonds is 9. The maximum atomic E-state index is 13.3. The number of anilines is 1. The van der Waals surface area contributed by atoms with Gasteiger partial charge in [0.05, 0.1) is 20.8 Å². The van der Waals surface area contributed by atoms with E-state index in [4.69, 9.17) is 9.47 Å². The fourth-order valence-corrected chi connectivity index (χ4v) is 5.43. The number of carbonyl (C=O) groups excluding carboxylic acids is 2. The minimum absolute atomic E-state index is 0.186. The van der Waals surface area contributed by atoms with Crippen LogP contribution in [0.25, 0.3) is 6.08 Å². The van der Waals surface area contributed by atoms with Gasteiger partial charge in [-0.1, -0.05) is 0 Å². The number of carbonyl (C=O) groups is 2. The fraction of sp³-hybridized carbons (Fsp3) is 0.179. The smallest absolute Gasteiger partial charge is 0.266 e. The highest BCUT2D eigenvalue weighted by atomic mass is 127. The molecule has 0 bridgehead atoms. The number of likely N-dealkylation sites (N-methyl/N-ethyl adjacent to an activating group) is 1. The molecule has 3 aromatic rings. The monoisotopic (exact) mass is 663 g/mol. The number of ether oxygens (including phenoxy) is 2. The molecule has 11 heteroatoms. The molecule has 0 saturated carbocycles. The summed E-state index contributed by atoms with van der Waals surface area (Å²) in [6.07, 6.45) is 1.75. The number of nitrogens with zero attached hydrogens (tertiary/aromatic N) is 2. The van der Waals surface area contributed by atoms with Crippen LogP contribution >= 0.6 is 34.4 Å². The number of amidine groups is 1. The van der Waals surface area contributed by atoms with Crippen molar-refractivity contribution in [2.45, 2.75) is 13.8 Å². The first-order valence-corrected chi connectivity index (χ1v) is 13.9. The van der Waals surface area contributed by atoms with E-state index >= 15 is 0 Å². The molecule has 0 aliphatic carbocycles. The SMILES string of the molecule is CCOc1cc(/C=C2/SC(=Nc3ccc(F)cc3)N(CC)C2=O)cc(I)c1OCC(=O)Nc1ccc(F)cc1. The highest BCUT2D eigenvalue weighted by Crippen LogP contribution is 2.38. The molecule has 202 valence electrons. The number of nitrogens with one attached hydrogen (secondary N) is 1. The summed E-state index contributed by atoms with van der Waals surface area (Å²) in [5.41, 5.74) is 1.71. The Morgan fingerprint density at radius 2 is 1.72 bits per heavy atom. The van der Waals surface area contributed by atoms with E-state index in [1.54, 1.807) is 29.2 Å². The third kappa shape index (κ3) is 7.35. The molecule has 1 heterocycles. The Morgan fingerprint density at radius 3 is 2.36 bits per heavy atom. The van der Waals surface area contributed by atoms with E-state index in [1.165, 1.54) is 48.2 Å². The Morgan fingerprint density at radius 1 is 1.05 bits per heavy atom. The summed E-state index contributed by atoms with van der Waals surface area (Å²) in [6, 6.07) is 14.7. The molecule has 3 aromatic carbocycles. The van der Waals surface area contributed by atoms with Crippen LogP contribution in [0.4, 0.5) is 20.2 Å². The molecule has 4 rings (SSSR count). The van der Waals surface area contributed by atoms with Gasteiger partial charge in [0.15, 0.2) is 23.3 Å². The number of benzene rings is 3. The van der Waals surface area contributed by atoms with E-state index in [0.717, 1.165) is 0 Å². The zero-order valence-electron chi connectivity index (χ0n) is 21.0. The van der Waals surface area contributed by atoms with Gasteiger partial charge in [0.2, 0.25) is 0 Å². The summed E-state index contributed by atoms with van der Waals surface area (Å²) < 4.78 is 38.6. The fourth-order valence-electron chi connectivity index (χ4n) is 3.59. The van der Waals surface area contributed by atoms with Crippen LogP contribution in [0.15, 0.2) is 70.6 Å². The van der Waals surface area contributed by atoms with Crippen molar-refractivity contribution in [3.05, 3.63) is 86.3 Å². The van der Waals surface area contributed by atoms with Crippen molar-refractivity contribution in [2.75, 3.05) is 25.1 Å². The minimum Gasteiger partial charge on any atom is -0.490 e. The van der Waals surface area contributed by atoms with E-state index in [1.807, 2.05) is 19.9 Å². The largest absolute Gasteiger partial charge is 0.490 e. The van der Waals surface area contributed by atoms with Crippen molar-refractivity contribution in [2.24, 2.45) is 4.99 Å². The average Bonchev–Trinajstić information content (AvgIpc) is 3.19. The lowest BCUT2D eigenvalue weighted by Gasteiger charge is -2.15. The lowest BCUT2D eigenvalue weighted by Crippen LogP contribution is -2.28.